The van der Waals surface area contributed by atoms with E-state index >= 15 is 0 Å². The molecule has 0 amide bonds. The van der Waals surface area contributed by atoms with Crippen LogP contribution in [0.4, 0.5) is 5.69 Å². The van der Waals surface area contributed by atoms with E-state index in [1.807, 2.05) is 12.1 Å². The van der Waals surface area contributed by atoms with Gasteiger partial charge in [0.1, 0.15) is 5.75 Å². The van der Waals surface area contributed by atoms with Crippen molar-refractivity contribution in [1.29, 1.82) is 0 Å². The number of likely N-dealkylation sites (tertiary alicyclic amines) is 1. The molecule has 1 aliphatic rings. The topological polar surface area (TPSA) is 38.5 Å². The second kappa shape index (κ2) is 5.61. The van der Waals surface area contributed by atoms with Crippen molar-refractivity contribution in [2.24, 2.45) is 0 Å². The van der Waals surface area contributed by atoms with Gasteiger partial charge in [0.25, 0.3) is 0 Å². The van der Waals surface area contributed by atoms with Crippen LogP contribution in [0.1, 0.15) is 38.2 Å². The van der Waals surface area contributed by atoms with Crippen LogP contribution in [0, 0.1) is 0 Å². The van der Waals surface area contributed by atoms with Gasteiger partial charge in [-0.2, -0.15) is 0 Å². The van der Waals surface area contributed by atoms with Crippen molar-refractivity contribution >= 4 is 5.69 Å². The van der Waals surface area contributed by atoms with Gasteiger partial charge in [-0.05, 0) is 57.3 Å². The number of ether oxygens (including phenoxy) is 1. The molecule has 3 nitrogen and oxygen atoms in total. The highest BCUT2D eigenvalue weighted by atomic mass is 16.5. The predicted octanol–water partition coefficient (Wildman–Crippen LogP) is 2.87. The third kappa shape index (κ3) is 2.61. The number of hydrogen-bond donors (Lipinski definition) is 1. The van der Waals surface area contributed by atoms with Crippen LogP contribution in [0.5, 0.6) is 5.75 Å². The van der Waals surface area contributed by atoms with Crippen LogP contribution < -0.4 is 10.5 Å². The Hall–Kier alpha value is -1.22. The van der Waals surface area contributed by atoms with Crippen molar-refractivity contribution in [3.8, 4) is 5.75 Å². The molecule has 2 N–H and O–H groups in total. The smallest absolute Gasteiger partial charge is 0.142 e. The first kappa shape index (κ1) is 13.2. The maximum atomic E-state index is 6.18. The van der Waals surface area contributed by atoms with E-state index in [0.29, 0.717) is 12.0 Å². The van der Waals surface area contributed by atoms with Crippen LogP contribution in [0.3, 0.4) is 0 Å². The Labute approximate surface area is 110 Å². The number of nitrogens with zero attached hydrogens (tertiary/aromatic N) is 1. The van der Waals surface area contributed by atoms with Crippen molar-refractivity contribution in [2.75, 3.05) is 25.9 Å². The lowest BCUT2D eigenvalue weighted by molar-refractivity contribution is 0.172. The molecule has 0 aromatic heterocycles. The third-order valence-corrected chi connectivity index (χ3v) is 4.02. The summed E-state index contributed by atoms with van der Waals surface area (Å²) in [6.45, 7) is 6.86. The zero-order valence-electron chi connectivity index (χ0n) is 11.6. The number of rotatable bonds is 3. The highest BCUT2D eigenvalue weighted by Gasteiger charge is 2.24. The van der Waals surface area contributed by atoms with Crippen molar-refractivity contribution in [3.05, 3.63) is 23.8 Å². The average molecular weight is 248 g/mol. The van der Waals surface area contributed by atoms with Crippen molar-refractivity contribution in [1.82, 2.24) is 4.90 Å². The molecule has 0 bridgehead atoms. The molecule has 0 atom stereocenters. The quantitative estimate of drug-likeness (QED) is 0.836. The first-order chi connectivity index (χ1) is 8.63. The van der Waals surface area contributed by atoms with Crippen LogP contribution >= 0.6 is 0 Å². The Morgan fingerprint density at radius 1 is 1.28 bits per heavy atom. The third-order valence-electron chi connectivity index (χ3n) is 4.02. The normalized spacial score (nSPS) is 18.2. The lowest BCUT2D eigenvalue weighted by Crippen LogP contribution is -2.37. The van der Waals surface area contributed by atoms with Gasteiger partial charge in [-0.25, -0.2) is 0 Å². The number of nitrogens with two attached hydrogens (primary N) is 1. The van der Waals surface area contributed by atoms with E-state index in [9.17, 15) is 0 Å². The van der Waals surface area contributed by atoms with Gasteiger partial charge in [0, 0.05) is 6.04 Å². The van der Waals surface area contributed by atoms with Crippen LogP contribution in [0.2, 0.25) is 0 Å². The predicted molar refractivity (Wildman–Crippen MR) is 76.1 cm³/mol. The van der Waals surface area contributed by atoms with Crippen LogP contribution in [-0.2, 0) is 0 Å². The second-order valence-electron chi connectivity index (χ2n) is 5.37. The first-order valence-corrected chi connectivity index (χ1v) is 6.80. The zero-order valence-corrected chi connectivity index (χ0v) is 11.6. The number of methoxy groups -OCH3 is 1. The molecule has 1 saturated heterocycles. The van der Waals surface area contributed by atoms with Gasteiger partial charge in [0.05, 0.1) is 12.8 Å². The van der Waals surface area contributed by atoms with Gasteiger partial charge >= 0.3 is 0 Å². The molecular weight excluding hydrogens is 224 g/mol. The Kier molecular flexibility index (Phi) is 4.12. The maximum Gasteiger partial charge on any atom is 0.142 e. The van der Waals surface area contributed by atoms with E-state index in [1.54, 1.807) is 7.11 Å². The maximum absolute atomic E-state index is 6.18. The minimum Gasteiger partial charge on any atom is -0.495 e. The molecule has 0 spiro atoms. The van der Waals surface area contributed by atoms with Gasteiger partial charge in [-0.3, -0.25) is 0 Å². The SMILES string of the molecule is COc1cccc(C2CCN(C(C)C)CC2)c1N. The van der Waals surface area contributed by atoms with E-state index in [1.165, 1.54) is 31.5 Å². The number of benzene rings is 1. The molecule has 0 aliphatic carbocycles. The number of piperidine rings is 1. The number of nitrogen functional groups attached to an aromatic ring is 1. The van der Waals surface area contributed by atoms with Gasteiger partial charge < -0.3 is 15.4 Å². The summed E-state index contributed by atoms with van der Waals surface area (Å²) >= 11 is 0. The van der Waals surface area contributed by atoms with Gasteiger partial charge in [-0.1, -0.05) is 12.1 Å². The van der Waals surface area contributed by atoms with Crippen LogP contribution in [0.25, 0.3) is 0 Å². The average Bonchev–Trinajstić information content (AvgIpc) is 2.39. The van der Waals surface area contributed by atoms with E-state index < -0.39 is 0 Å². The van der Waals surface area contributed by atoms with E-state index in [0.717, 1.165) is 11.4 Å². The van der Waals surface area contributed by atoms with Crippen LogP contribution in [-0.4, -0.2) is 31.1 Å². The van der Waals surface area contributed by atoms with Gasteiger partial charge in [0.2, 0.25) is 0 Å². The highest BCUT2D eigenvalue weighted by molar-refractivity contribution is 5.59. The van der Waals surface area contributed by atoms with Gasteiger partial charge in [0.15, 0.2) is 0 Å². The van der Waals surface area contributed by atoms with Crippen molar-refractivity contribution in [3.63, 3.8) is 0 Å². The molecule has 0 unspecified atom stereocenters. The summed E-state index contributed by atoms with van der Waals surface area (Å²) in [5.41, 5.74) is 8.26. The fourth-order valence-corrected chi connectivity index (χ4v) is 2.82. The molecule has 1 aromatic rings. The molecule has 2 rings (SSSR count). The standard InChI is InChI=1S/C15H24N2O/c1-11(2)17-9-7-12(8-10-17)13-5-4-6-14(18-3)15(13)16/h4-6,11-12H,7-10,16H2,1-3H3. The van der Waals surface area contributed by atoms with Crippen LogP contribution in [0.15, 0.2) is 18.2 Å². The monoisotopic (exact) mass is 248 g/mol. The van der Waals surface area contributed by atoms with E-state index in [2.05, 4.69) is 24.8 Å². The molecule has 1 heterocycles. The summed E-state index contributed by atoms with van der Waals surface area (Å²) in [4.78, 5) is 2.53. The summed E-state index contributed by atoms with van der Waals surface area (Å²) in [6.07, 6.45) is 2.38. The van der Waals surface area contributed by atoms with E-state index in [-0.39, 0.29) is 0 Å². The molecule has 1 fully saturated rings. The lowest BCUT2D eigenvalue weighted by atomic mass is 9.88. The molecule has 1 aromatic carbocycles. The molecular formula is C15H24N2O. The lowest BCUT2D eigenvalue weighted by Gasteiger charge is -2.35. The minimum absolute atomic E-state index is 0.579. The molecule has 3 heteroatoms. The Morgan fingerprint density at radius 2 is 1.94 bits per heavy atom. The molecule has 0 radical (unpaired) electrons. The fraction of sp³-hybridized carbons (Fsp3) is 0.600. The Morgan fingerprint density at radius 3 is 2.50 bits per heavy atom. The van der Waals surface area contributed by atoms with Crippen molar-refractivity contribution in [2.45, 2.75) is 38.6 Å². The summed E-state index contributed by atoms with van der Waals surface area (Å²) in [7, 11) is 1.68. The molecule has 100 valence electrons. The number of hydrogen-bond acceptors (Lipinski definition) is 3. The summed E-state index contributed by atoms with van der Waals surface area (Å²) < 4.78 is 5.30. The number of anilines is 1. The minimum atomic E-state index is 0.579. The zero-order chi connectivity index (χ0) is 13.1. The largest absolute Gasteiger partial charge is 0.495 e. The number of para-hydroxylation sites is 1. The van der Waals surface area contributed by atoms with Crippen molar-refractivity contribution < 1.29 is 4.74 Å². The first-order valence-electron chi connectivity index (χ1n) is 6.80. The summed E-state index contributed by atoms with van der Waals surface area (Å²) in [5.74, 6) is 1.38. The molecule has 0 saturated carbocycles. The Bertz CT molecular complexity index is 395. The Balaban J connectivity index is 2.10. The molecule has 1 aliphatic heterocycles. The summed E-state index contributed by atoms with van der Waals surface area (Å²) in [6, 6.07) is 6.77. The van der Waals surface area contributed by atoms with E-state index in [4.69, 9.17) is 10.5 Å². The second-order valence-corrected chi connectivity index (χ2v) is 5.37. The molecule has 18 heavy (non-hydrogen) atoms. The highest BCUT2D eigenvalue weighted by Crippen LogP contribution is 2.36. The van der Waals surface area contributed by atoms with Gasteiger partial charge in [-0.15, -0.1) is 0 Å². The fourth-order valence-electron chi connectivity index (χ4n) is 2.82. The summed E-state index contributed by atoms with van der Waals surface area (Å²) in [5, 5.41) is 0.